The normalized spacial score (nSPS) is 12.9. The van der Waals surface area contributed by atoms with Gasteiger partial charge in [0.15, 0.2) is 15.7 Å². The van der Waals surface area contributed by atoms with Crippen molar-refractivity contribution in [1.82, 2.24) is 20.6 Å². The predicted molar refractivity (Wildman–Crippen MR) is 105 cm³/mol. The van der Waals surface area contributed by atoms with Crippen molar-refractivity contribution in [1.29, 1.82) is 0 Å². The van der Waals surface area contributed by atoms with Gasteiger partial charge in [-0.05, 0) is 33.2 Å². The summed E-state index contributed by atoms with van der Waals surface area (Å²) in [6.07, 6.45) is -4.24. The van der Waals surface area contributed by atoms with Gasteiger partial charge in [-0.15, -0.1) is 5.10 Å². The smallest absolute Gasteiger partial charge is 0.395 e. The van der Waals surface area contributed by atoms with Crippen molar-refractivity contribution in [3.05, 3.63) is 47.5 Å². The number of nitrogens with one attached hydrogen (secondary N) is 1. The number of rotatable bonds is 6. The van der Waals surface area contributed by atoms with Crippen LogP contribution in [-0.4, -0.2) is 58.7 Å². The van der Waals surface area contributed by atoms with E-state index in [-0.39, 0.29) is 30.2 Å². The van der Waals surface area contributed by atoms with E-state index in [4.69, 9.17) is 0 Å². The van der Waals surface area contributed by atoms with Crippen LogP contribution in [0.15, 0.2) is 41.3 Å². The number of halogens is 3. The molecule has 166 valence electrons. The number of nitrogens with zero attached hydrogens (tertiary/aromatic N) is 3. The first-order chi connectivity index (χ1) is 14.4. The summed E-state index contributed by atoms with van der Waals surface area (Å²) >= 11 is 0. The minimum absolute atomic E-state index is 0.160. The van der Waals surface area contributed by atoms with Gasteiger partial charge >= 0.3 is 6.18 Å². The minimum Gasteiger partial charge on any atom is -0.395 e. The third-order valence-electron chi connectivity index (χ3n) is 5.01. The molecule has 0 saturated heterocycles. The SMILES string of the molecule is CC(CO)(CO)c1ccc(-c2ccc(C(F)(F)F)c(S(C)(=O)=O)c2-c2nnn[nH]2)cc1. The lowest BCUT2D eigenvalue weighted by atomic mass is 9.83. The lowest BCUT2D eigenvalue weighted by molar-refractivity contribution is -0.139. The zero-order valence-electron chi connectivity index (χ0n) is 16.5. The molecule has 31 heavy (non-hydrogen) atoms. The summed E-state index contributed by atoms with van der Waals surface area (Å²) in [4.78, 5) is -0.935. The second-order valence-corrected chi connectivity index (χ2v) is 9.29. The molecule has 8 nitrogen and oxygen atoms in total. The van der Waals surface area contributed by atoms with Crippen molar-refractivity contribution < 1.29 is 31.8 Å². The summed E-state index contributed by atoms with van der Waals surface area (Å²) in [5.74, 6) is -0.235. The average molecular weight is 456 g/mol. The zero-order chi connectivity index (χ0) is 23.0. The Labute approximate surface area is 175 Å². The van der Waals surface area contributed by atoms with Crippen LogP contribution in [0, 0.1) is 0 Å². The largest absolute Gasteiger partial charge is 0.417 e. The number of sulfone groups is 1. The van der Waals surface area contributed by atoms with Crippen LogP contribution in [0.5, 0.6) is 0 Å². The van der Waals surface area contributed by atoms with Crippen molar-refractivity contribution in [2.24, 2.45) is 0 Å². The van der Waals surface area contributed by atoms with Crippen LogP contribution < -0.4 is 0 Å². The molecule has 0 aliphatic heterocycles. The molecule has 1 aromatic heterocycles. The fraction of sp³-hybridized carbons (Fsp3) is 0.316. The molecule has 0 radical (unpaired) electrons. The van der Waals surface area contributed by atoms with Crippen LogP contribution in [-0.2, 0) is 21.4 Å². The molecule has 0 atom stereocenters. The number of alkyl halides is 3. The van der Waals surface area contributed by atoms with Gasteiger partial charge in [-0.3, -0.25) is 0 Å². The molecule has 12 heteroatoms. The Morgan fingerprint density at radius 1 is 1.03 bits per heavy atom. The Hall–Kier alpha value is -2.83. The molecule has 3 rings (SSSR count). The van der Waals surface area contributed by atoms with E-state index in [9.17, 15) is 31.8 Å². The van der Waals surface area contributed by atoms with Crippen molar-refractivity contribution in [2.75, 3.05) is 19.5 Å². The van der Waals surface area contributed by atoms with Gasteiger partial charge in [0.25, 0.3) is 0 Å². The van der Waals surface area contributed by atoms with Crippen molar-refractivity contribution in [3.63, 3.8) is 0 Å². The van der Waals surface area contributed by atoms with Crippen molar-refractivity contribution in [3.8, 4) is 22.5 Å². The first kappa shape index (κ1) is 22.8. The Morgan fingerprint density at radius 2 is 1.65 bits per heavy atom. The number of benzene rings is 2. The molecule has 2 aromatic carbocycles. The van der Waals surface area contributed by atoms with Crippen LogP contribution in [0.3, 0.4) is 0 Å². The molecule has 0 aliphatic carbocycles. The molecule has 0 aliphatic rings. The minimum atomic E-state index is -4.92. The van der Waals surface area contributed by atoms with E-state index in [0.717, 1.165) is 6.07 Å². The first-order valence-electron chi connectivity index (χ1n) is 8.93. The van der Waals surface area contributed by atoms with Gasteiger partial charge in [0, 0.05) is 17.2 Å². The average Bonchev–Trinajstić information content (AvgIpc) is 3.25. The molecular weight excluding hydrogens is 437 g/mol. The number of H-pyrrole nitrogens is 1. The molecule has 3 aromatic rings. The van der Waals surface area contributed by atoms with Gasteiger partial charge in [0.1, 0.15) is 0 Å². The Morgan fingerprint density at radius 3 is 2.10 bits per heavy atom. The Balaban J connectivity index is 2.32. The first-order valence-corrected chi connectivity index (χ1v) is 10.8. The maximum atomic E-state index is 13.6. The third-order valence-corrected chi connectivity index (χ3v) is 6.17. The van der Waals surface area contributed by atoms with Crippen LogP contribution >= 0.6 is 0 Å². The number of aliphatic hydroxyl groups excluding tert-OH is 2. The van der Waals surface area contributed by atoms with Crippen molar-refractivity contribution >= 4 is 9.84 Å². The van der Waals surface area contributed by atoms with Gasteiger partial charge in [-0.1, -0.05) is 37.3 Å². The van der Waals surface area contributed by atoms with Crippen LogP contribution in [0.1, 0.15) is 18.1 Å². The number of aromatic amines is 1. The molecule has 0 bridgehead atoms. The lowest BCUT2D eigenvalue weighted by Gasteiger charge is -2.25. The monoisotopic (exact) mass is 456 g/mol. The van der Waals surface area contributed by atoms with E-state index in [1.54, 1.807) is 31.2 Å². The number of hydrogen-bond acceptors (Lipinski definition) is 7. The molecule has 1 heterocycles. The Kier molecular flexibility index (Phi) is 5.91. The van der Waals surface area contributed by atoms with Crippen molar-refractivity contribution in [2.45, 2.75) is 23.4 Å². The van der Waals surface area contributed by atoms with Gasteiger partial charge in [-0.25, -0.2) is 13.5 Å². The van der Waals surface area contributed by atoms with E-state index in [2.05, 4.69) is 20.6 Å². The van der Waals surface area contributed by atoms with Crippen LogP contribution in [0.2, 0.25) is 0 Å². The second-order valence-electron chi connectivity index (χ2n) is 7.34. The standard InChI is InChI=1S/C19H19F3N4O4S/c1-18(9-27,10-28)12-5-3-11(4-6-12)13-7-8-14(19(20,21)22)16(31(2,29)30)15(13)17-23-25-26-24-17/h3-8,27-28H,9-10H2,1-2H3,(H,23,24,25,26). The molecule has 3 N–H and O–H groups in total. The van der Waals surface area contributed by atoms with Gasteiger partial charge in [-0.2, -0.15) is 13.2 Å². The van der Waals surface area contributed by atoms with E-state index in [1.165, 1.54) is 0 Å². The molecule has 0 fully saturated rings. The molecule has 0 spiro atoms. The highest BCUT2D eigenvalue weighted by Crippen LogP contribution is 2.43. The van der Waals surface area contributed by atoms with Gasteiger partial charge < -0.3 is 10.2 Å². The number of tetrazole rings is 1. The summed E-state index contributed by atoms with van der Waals surface area (Å²) < 4.78 is 65.7. The quantitative estimate of drug-likeness (QED) is 0.519. The zero-order valence-corrected chi connectivity index (χ0v) is 17.3. The number of hydrogen-bond donors (Lipinski definition) is 3. The maximum Gasteiger partial charge on any atom is 0.417 e. The molecule has 0 unspecified atom stereocenters. The van der Waals surface area contributed by atoms with E-state index < -0.39 is 31.9 Å². The fourth-order valence-electron chi connectivity index (χ4n) is 3.22. The maximum absolute atomic E-state index is 13.6. The lowest BCUT2D eigenvalue weighted by Crippen LogP contribution is -2.30. The van der Waals surface area contributed by atoms with E-state index in [0.29, 0.717) is 23.4 Å². The highest BCUT2D eigenvalue weighted by atomic mass is 32.2. The fourth-order valence-corrected chi connectivity index (χ4v) is 4.38. The summed E-state index contributed by atoms with van der Waals surface area (Å²) in [5.41, 5.74) is -1.40. The van der Waals surface area contributed by atoms with Crippen LogP contribution in [0.4, 0.5) is 13.2 Å². The summed E-state index contributed by atoms with van der Waals surface area (Å²) in [5, 5.41) is 31.8. The Bertz CT molecular complexity index is 1170. The third kappa shape index (κ3) is 4.31. The highest BCUT2D eigenvalue weighted by molar-refractivity contribution is 7.91. The second kappa shape index (κ2) is 8.02. The molecular formula is C19H19F3N4O4S. The summed E-state index contributed by atoms with van der Waals surface area (Å²) in [7, 11) is -4.34. The van der Waals surface area contributed by atoms with E-state index in [1.807, 2.05) is 0 Å². The number of aromatic nitrogens is 4. The molecule has 0 saturated carbocycles. The van der Waals surface area contributed by atoms with Gasteiger partial charge in [0.2, 0.25) is 0 Å². The topological polar surface area (TPSA) is 129 Å². The summed E-state index contributed by atoms with van der Waals surface area (Å²) in [6.45, 7) is 1.00. The summed E-state index contributed by atoms with van der Waals surface area (Å²) in [6, 6.07) is 8.17. The van der Waals surface area contributed by atoms with E-state index >= 15 is 0 Å². The van der Waals surface area contributed by atoms with Crippen LogP contribution in [0.25, 0.3) is 22.5 Å². The number of aliphatic hydroxyl groups is 2. The highest BCUT2D eigenvalue weighted by Gasteiger charge is 2.39. The van der Waals surface area contributed by atoms with Gasteiger partial charge in [0.05, 0.1) is 23.7 Å². The molecule has 0 amide bonds. The predicted octanol–water partition coefficient (Wildman–Crippen LogP) is 2.20.